The molecular formula is C27H30O14. The van der Waals surface area contributed by atoms with E-state index in [-0.39, 0.29) is 33.8 Å². The van der Waals surface area contributed by atoms with Gasteiger partial charge in [0.25, 0.3) is 0 Å². The Balaban J connectivity index is 1.41. The van der Waals surface area contributed by atoms with Crippen LogP contribution in [-0.2, 0) is 9.47 Å². The minimum atomic E-state index is -1.63. The quantitative estimate of drug-likeness (QED) is 0.187. The molecule has 1 aromatic heterocycles. The second-order valence-electron chi connectivity index (χ2n) is 10.0. The molecule has 3 heterocycles. The molecule has 3 aromatic rings. The van der Waals surface area contributed by atoms with Crippen molar-refractivity contribution < 1.29 is 64.2 Å². The van der Waals surface area contributed by atoms with E-state index in [0.29, 0.717) is 0 Å². The van der Waals surface area contributed by atoms with Crippen LogP contribution in [0.1, 0.15) is 13.8 Å². The van der Waals surface area contributed by atoms with E-state index >= 15 is 0 Å². The minimum absolute atomic E-state index is 0.106. The molecule has 14 nitrogen and oxygen atoms in total. The van der Waals surface area contributed by atoms with Crippen molar-refractivity contribution in [1.29, 1.82) is 0 Å². The molecule has 0 saturated carbocycles. The van der Waals surface area contributed by atoms with Crippen LogP contribution in [0.4, 0.5) is 0 Å². The van der Waals surface area contributed by atoms with Crippen molar-refractivity contribution in [2.45, 2.75) is 75.3 Å². The van der Waals surface area contributed by atoms with Gasteiger partial charge in [-0.1, -0.05) is 0 Å². The highest BCUT2D eigenvalue weighted by Gasteiger charge is 2.44. The summed E-state index contributed by atoms with van der Waals surface area (Å²) in [5.74, 6) is -1.55. The molecule has 2 aliphatic rings. The third-order valence-electron chi connectivity index (χ3n) is 7.16. The highest BCUT2D eigenvalue weighted by atomic mass is 16.7. The van der Waals surface area contributed by atoms with Gasteiger partial charge in [-0.2, -0.15) is 0 Å². The number of benzene rings is 2. The number of phenolic OH excluding ortho intramolecular Hbond substituents is 1. The van der Waals surface area contributed by atoms with E-state index in [1.165, 1.54) is 44.2 Å². The van der Waals surface area contributed by atoms with Crippen molar-refractivity contribution >= 4 is 11.0 Å². The van der Waals surface area contributed by atoms with Crippen molar-refractivity contribution in [2.24, 2.45) is 0 Å². The van der Waals surface area contributed by atoms with Gasteiger partial charge in [-0.15, -0.1) is 0 Å². The van der Waals surface area contributed by atoms with Crippen LogP contribution >= 0.6 is 0 Å². The molecule has 8 N–H and O–H groups in total. The predicted molar refractivity (Wildman–Crippen MR) is 137 cm³/mol. The Morgan fingerprint density at radius 2 is 1.20 bits per heavy atom. The lowest BCUT2D eigenvalue weighted by Crippen LogP contribution is -2.58. The first-order chi connectivity index (χ1) is 19.4. The van der Waals surface area contributed by atoms with Gasteiger partial charge in [0.1, 0.15) is 64.8 Å². The molecule has 2 fully saturated rings. The number of rotatable bonds is 5. The summed E-state index contributed by atoms with van der Waals surface area (Å²) < 4.78 is 27.7. The number of ether oxygens (including phenoxy) is 4. The van der Waals surface area contributed by atoms with Crippen molar-refractivity contribution in [2.75, 3.05) is 0 Å². The van der Waals surface area contributed by atoms with Gasteiger partial charge in [0.05, 0.1) is 12.2 Å². The fourth-order valence-corrected chi connectivity index (χ4v) is 4.70. The zero-order valence-electron chi connectivity index (χ0n) is 21.8. The Hall–Kier alpha value is -3.47. The third-order valence-corrected chi connectivity index (χ3v) is 7.16. The summed E-state index contributed by atoms with van der Waals surface area (Å²) in [4.78, 5) is 12.9. The van der Waals surface area contributed by atoms with Crippen LogP contribution in [0, 0.1) is 0 Å². The molecule has 0 radical (unpaired) electrons. The molecule has 2 aliphatic heterocycles. The van der Waals surface area contributed by atoms with Crippen LogP contribution in [0.3, 0.4) is 0 Å². The summed E-state index contributed by atoms with van der Waals surface area (Å²) in [6.45, 7) is 2.98. The molecule has 0 spiro atoms. The van der Waals surface area contributed by atoms with Crippen LogP contribution in [0.5, 0.6) is 23.0 Å². The van der Waals surface area contributed by atoms with Gasteiger partial charge in [-0.3, -0.25) is 4.79 Å². The van der Waals surface area contributed by atoms with Gasteiger partial charge in [0, 0.05) is 17.7 Å². The van der Waals surface area contributed by atoms with E-state index in [2.05, 4.69) is 0 Å². The van der Waals surface area contributed by atoms with E-state index in [0.717, 1.165) is 6.07 Å². The van der Waals surface area contributed by atoms with Crippen molar-refractivity contribution in [3.8, 4) is 34.3 Å². The molecule has 41 heavy (non-hydrogen) atoms. The molecule has 0 bridgehead atoms. The molecule has 0 unspecified atom stereocenters. The second kappa shape index (κ2) is 11.1. The number of aliphatic hydroxyl groups is 6. The Bertz CT molecular complexity index is 1460. The average molecular weight is 579 g/mol. The molecule has 2 saturated heterocycles. The number of hydrogen-bond donors (Lipinski definition) is 8. The van der Waals surface area contributed by atoms with Crippen LogP contribution < -0.4 is 14.9 Å². The molecule has 0 amide bonds. The molecule has 14 heteroatoms. The van der Waals surface area contributed by atoms with Gasteiger partial charge < -0.3 is 64.2 Å². The number of fused-ring (bicyclic) bond motifs is 1. The zero-order valence-corrected chi connectivity index (χ0v) is 21.8. The van der Waals surface area contributed by atoms with Crippen LogP contribution in [0.2, 0.25) is 0 Å². The predicted octanol–water partition coefficient (Wildman–Crippen LogP) is -0.716. The summed E-state index contributed by atoms with van der Waals surface area (Å²) in [6, 6.07) is 7.99. The summed E-state index contributed by atoms with van der Waals surface area (Å²) >= 11 is 0. The van der Waals surface area contributed by atoms with E-state index in [1.54, 1.807) is 0 Å². The summed E-state index contributed by atoms with van der Waals surface area (Å²) in [5, 5.41) is 80.9. The maximum Gasteiger partial charge on any atom is 0.238 e. The second-order valence-corrected chi connectivity index (χ2v) is 10.0. The van der Waals surface area contributed by atoms with Crippen molar-refractivity contribution in [1.82, 2.24) is 0 Å². The molecule has 10 atom stereocenters. The van der Waals surface area contributed by atoms with Crippen molar-refractivity contribution in [3.63, 3.8) is 0 Å². The Labute approximate surface area is 231 Å². The number of aromatic hydroxyl groups is 2. The Morgan fingerprint density at radius 1 is 0.683 bits per heavy atom. The standard InChI is InChI=1S/C27H30O14/c1-9-17(29)20(32)23(35)26(37-9)39-12-5-3-11(4-6-12)25-22(34)19(31)16-14(28)7-13(8-15(16)41-25)40-27-24(36)21(33)18(30)10(2)38-27/h3-10,17-18,20-21,23-24,26-30,32-36H,1-2H3/t9-,10-,17-,18-,20+,21+,23+,24+,26-,27-/m0/s1. The largest absolute Gasteiger partial charge is 0.507 e. The van der Waals surface area contributed by atoms with Crippen molar-refractivity contribution in [3.05, 3.63) is 46.6 Å². The maximum absolute atomic E-state index is 12.9. The zero-order chi connectivity index (χ0) is 29.7. The average Bonchev–Trinajstić information content (AvgIpc) is 2.94. The van der Waals surface area contributed by atoms with Gasteiger partial charge >= 0.3 is 0 Å². The fourth-order valence-electron chi connectivity index (χ4n) is 4.70. The molecule has 222 valence electrons. The Kier molecular flexibility index (Phi) is 7.84. The number of aliphatic hydroxyl groups excluding tert-OH is 6. The van der Waals surface area contributed by atoms with E-state index in [9.17, 15) is 45.6 Å². The SMILES string of the molecule is C[C@@H]1O[C@@H](Oc2ccc(-c3oc4cc(O[C@@H]5O[C@@H](C)[C@H](O)[C@@H](O)[C@H]5O)cc(O)c4c(=O)c3O)cc2)[C@H](O)[C@H](O)[C@H]1O. The fraction of sp³-hybridized carbons (Fsp3) is 0.444. The molecular weight excluding hydrogens is 548 g/mol. The summed E-state index contributed by atoms with van der Waals surface area (Å²) in [7, 11) is 0. The minimum Gasteiger partial charge on any atom is -0.507 e. The van der Waals surface area contributed by atoms with E-state index in [4.69, 9.17) is 23.4 Å². The first-order valence-corrected chi connectivity index (χ1v) is 12.7. The molecule has 5 rings (SSSR count). The first kappa shape index (κ1) is 29.0. The summed E-state index contributed by atoms with van der Waals surface area (Å²) in [6.07, 6.45) is -13.2. The maximum atomic E-state index is 12.9. The lowest BCUT2D eigenvalue weighted by Gasteiger charge is -2.38. The normalized spacial score (nSPS) is 34.0. The number of hydrogen-bond acceptors (Lipinski definition) is 14. The van der Waals surface area contributed by atoms with Crippen LogP contribution in [0.25, 0.3) is 22.3 Å². The highest BCUT2D eigenvalue weighted by molar-refractivity contribution is 5.88. The number of phenols is 1. The lowest BCUT2D eigenvalue weighted by molar-refractivity contribution is -0.268. The van der Waals surface area contributed by atoms with E-state index in [1.807, 2.05) is 0 Å². The smallest absolute Gasteiger partial charge is 0.238 e. The van der Waals surface area contributed by atoms with Gasteiger partial charge in [-0.25, -0.2) is 0 Å². The van der Waals surface area contributed by atoms with E-state index < -0.39 is 78.3 Å². The van der Waals surface area contributed by atoms with Gasteiger partial charge in [0.15, 0.2) is 5.76 Å². The topological polar surface area (TPSA) is 229 Å². The van der Waals surface area contributed by atoms with Crippen LogP contribution in [-0.4, -0.2) is 102 Å². The summed E-state index contributed by atoms with van der Waals surface area (Å²) in [5.41, 5.74) is -0.894. The Morgan fingerprint density at radius 3 is 1.73 bits per heavy atom. The van der Waals surface area contributed by atoms with Gasteiger partial charge in [-0.05, 0) is 38.1 Å². The van der Waals surface area contributed by atoms with Crippen LogP contribution in [0.15, 0.2) is 45.6 Å². The first-order valence-electron chi connectivity index (χ1n) is 12.7. The molecule has 2 aromatic carbocycles. The monoisotopic (exact) mass is 578 g/mol. The highest BCUT2D eigenvalue weighted by Crippen LogP contribution is 2.37. The lowest BCUT2D eigenvalue weighted by atomic mass is 10.00. The van der Waals surface area contributed by atoms with Gasteiger partial charge in [0.2, 0.25) is 23.8 Å². The third kappa shape index (κ3) is 5.31. The molecule has 0 aliphatic carbocycles.